The van der Waals surface area contributed by atoms with E-state index in [0.717, 1.165) is 10.6 Å². The zero-order valence-electron chi connectivity index (χ0n) is 10.6. The van der Waals surface area contributed by atoms with E-state index in [1.807, 2.05) is 30.3 Å². The maximum absolute atomic E-state index is 10.7. The van der Waals surface area contributed by atoms with Crippen molar-refractivity contribution in [2.75, 3.05) is 7.11 Å². The molecular weight excluding hydrogens is 276 g/mol. The van der Waals surface area contributed by atoms with Gasteiger partial charge in [-0.1, -0.05) is 17.8 Å². The van der Waals surface area contributed by atoms with E-state index in [2.05, 4.69) is 0 Å². The number of methoxy groups -OCH3 is 1. The highest BCUT2D eigenvalue weighted by molar-refractivity contribution is 7.99. The molecule has 0 N–H and O–H groups in total. The second kappa shape index (κ2) is 6.08. The molecule has 2 rings (SSSR count). The van der Waals surface area contributed by atoms with Crippen LogP contribution >= 0.6 is 11.8 Å². The van der Waals surface area contributed by atoms with Crippen molar-refractivity contribution < 1.29 is 9.66 Å². The van der Waals surface area contributed by atoms with E-state index in [1.54, 1.807) is 13.2 Å². The summed E-state index contributed by atoms with van der Waals surface area (Å²) in [5, 5.41) is 19.8. The number of non-ortho nitro benzene ring substituents is 1. The Hall–Kier alpha value is -2.52. The van der Waals surface area contributed by atoms with E-state index in [0.29, 0.717) is 4.90 Å². The summed E-state index contributed by atoms with van der Waals surface area (Å²) >= 11 is 1.36. The fraction of sp³-hybridized carbons (Fsp3) is 0.0714. The quantitative estimate of drug-likeness (QED) is 0.633. The Morgan fingerprint density at radius 3 is 2.75 bits per heavy atom. The summed E-state index contributed by atoms with van der Waals surface area (Å²) in [7, 11) is 1.58. The minimum atomic E-state index is -0.513. The van der Waals surface area contributed by atoms with Crippen LogP contribution in [0.1, 0.15) is 5.56 Å². The molecule has 0 aliphatic rings. The molecule has 0 aromatic heterocycles. The van der Waals surface area contributed by atoms with Gasteiger partial charge in [0.05, 0.1) is 17.6 Å². The fourth-order valence-corrected chi connectivity index (χ4v) is 2.53. The van der Waals surface area contributed by atoms with Crippen molar-refractivity contribution in [3.63, 3.8) is 0 Å². The van der Waals surface area contributed by atoms with E-state index in [1.165, 1.54) is 23.9 Å². The SMILES string of the molecule is COc1cccc(Sc2ccc([N+](=O)[O-])cc2C#N)c1. The van der Waals surface area contributed by atoms with Gasteiger partial charge < -0.3 is 4.74 Å². The monoisotopic (exact) mass is 286 g/mol. The first-order chi connectivity index (χ1) is 9.63. The highest BCUT2D eigenvalue weighted by Gasteiger charge is 2.11. The van der Waals surface area contributed by atoms with Gasteiger partial charge in [0.2, 0.25) is 0 Å². The standard InChI is InChI=1S/C14H10N2O3S/c1-19-12-3-2-4-13(8-12)20-14-6-5-11(16(17)18)7-10(14)9-15/h2-8H,1H3. The van der Waals surface area contributed by atoms with Crippen LogP contribution in [0.2, 0.25) is 0 Å². The van der Waals surface area contributed by atoms with E-state index in [9.17, 15) is 10.1 Å². The highest BCUT2D eigenvalue weighted by atomic mass is 32.2. The van der Waals surface area contributed by atoms with Crippen molar-refractivity contribution >= 4 is 17.4 Å². The van der Waals surface area contributed by atoms with Gasteiger partial charge in [0.1, 0.15) is 11.8 Å². The molecule has 2 aromatic carbocycles. The average Bonchev–Trinajstić information content (AvgIpc) is 2.47. The lowest BCUT2D eigenvalue weighted by molar-refractivity contribution is -0.384. The van der Waals surface area contributed by atoms with E-state index >= 15 is 0 Å². The summed E-state index contributed by atoms with van der Waals surface area (Å²) in [6, 6.07) is 13.6. The molecule has 0 spiro atoms. The summed E-state index contributed by atoms with van der Waals surface area (Å²) in [4.78, 5) is 11.8. The van der Waals surface area contributed by atoms with Crippen LogP contribution in [0.4, 0.5) is 5.69 Å². The number of nitrogens with zero attached hydrogens (tertiary/aromatic N) is 2. The third-order valence-electron chi connectivity index (χ3n) is 2.56. The molecule has 0 unspecified atom stereocenters. The molecule has 0 atom stereocenters. The third kappa shape index (κ3) is 3.08. The van der Waals surface area contributed by atoms with Crippen molar-refractivity contribution in [1.29, 1.82) is 5.26 Å². The van der Waals surface area contributed by atoms with Gasteiger partial charge in [-0.2, -0.15) is 5.26 Å². The molecule has 2 aromatic rings. The second-order valence-electron chi connectivity index (χ2n) is 3.83. The molecule has 100 valence electrons. The molecule has 0 saturated carbocycles. The predicted molar refractivity (Wildman–Crippen MR) is 74.9 cm³/mol. The van der Waals surface area contributed by atoms with Gasteiger partial charge in [-0.15, -0.1) is 0 Å². The Morgan fingerprint density at radius 2 is 2.10 bits per heavy atom. The molecule has 0 bridgehead atoms. The molecule has 0 saturated heterocycles. The lowest BCUT2D eigenvalue weighted by atomic mass is 10.2. The van der Waals surface area contributed by atoms with Crippen LogP contribution < -0.4 is 4.74 Å². The van der Waals surface area contributed by atoms with E-state index < -0.39 is 4.92 Å². The van der Waals surface area contributed by atoms with Crippen molar-refractivity contribution in [3.05, 3.63) is 58.1 Å². The summed E-state index contributed by atoms with van der Waals surface area (Å²) in [5.41, 5.74) is 0.198. The molecule has 0 fully saturated rings. The number of benzene rings is 2. The zero-order chi connectivity index (χ0) is 14.5. The lowest BCUT2D eigenvalue weighted by Gasteiger charge is -2.05. The minimum Gasteiger partial charge on any atom is -0.497 e. The van der Waals surface area contributed by atoms with E-state index in [-0.39, 0.29) is 11.3 Å². The van der Waals surface area contributed by atoms with Crippen molar-refractivity contribution in [1.82, 2.24) is 0 Å². The van der Waals surface area contributed by atoms with E-state index in [4.69, 9.17) is 10.00 Å². The molecule has 0 aliphatic carbocycles. The van der Waals surface area contributed by atoms with Crippen molar-refractivity contribution in [2.24, 2.45) is 0 Å². The number of hydrogen-bond donors (Lipinski definition) is 0. The van der Waals surface area contributed by atoms with Gasteiger partial charge >= 0.3 is 0 Å². The first-order valence-corrected chi connectivity index (χ1v) is 6.46. The van der Waals surface area contributed by atoms with Gasteiger partial charge in [0.25, 0.3) is 5.69 Å². The minimum absolute atomic E-state index is 0.0865. The van der Waals surface area contributed by atoms with Gasteiger partial charge in [-0.3, -0.25) is 10.1 Å². The second-order valence-corrected chi connectivity index (χ2v) is 4.95. The smallest absolute Gasteiger partial charge is 0.270 e. The molecular formula is C14H10N2O3S. The number of ether oxygens (including phenoxy) is 1. The summed E-state index contributed by atoms with van der Waals surface area (Å²) < 4.78 is 5.13. The Balaban J connectivity index is 2.33. The first-order valence-electron chi connectivity index (χ1n) is 5.64. The fourth-order valence-electron chi connectivity index (χ4n) is 1.60. The van der Waals surface area contributed by atoms with Crippen LogP contribution in [-0.2, 0) is 0 Å². The maximum atomic E-state index is 10.7. The number of nitro benzene ring substituents is 1. The Labute approximate surface area is 120 Å². The van der Waals surface area contributed by atoms with Crippen LogP contribution in [0.25, 0.3) is 0 Å². The largest absolute Gasteiger partial charge is 0.497 e. The van der Waals surface area contributed by atoms with Crippen molar-refractivity contribution in [3.8, 4) is 11.8 Å². The first kappa shape index (κ1) is 13.9. The zero-order valence-corrected chi connectivity index (χ0v) is 11.4. The molecule has 20 heavy (non-hydrogen) atoms. The number of nitriles is 1. The van der Waals surface area contributed by atoms with Gasteiger partial charge in [0.15, 0.2) is 0 Å². The van der Waals surface area contributed by atoms with Gasteiger partial charge in [-0.05, 0) is 24.3 Å². The Kier molecular flexibility index (Phi) is 4.23. The Bertz CT molecular complexity index is 695. The molecule has 6 heteroatoms. The van der Waals surface area contributed by atoms with Gasteiger partial charge in [0, 0.05) is 21.9 Å². The van der Waals surface area contributed by atoms with Crippen LogP contribution in [0, 0.1) is 21.4 Å². The highest BCUT2D eigenvalue weighted by Crippen LogP contribution is 2.33. The molecule has 5 nitrogen and oxygen atoms in total. The number of hydrogen-bond acceptors (Lipinski definition) is 5. The molecule has 0 heterocycles. The number of rotatable bonds is 4. The van der Waals surface area contributed by atoms with Crippen molar-refractivity contribution in [2.45, 2.75) is 9.79 Å². The normalized spacial score (nSPS) is 9.80. The van der Waals surface area contributed by atoms with Crippen LogP contribution in [-0.4, -0.2) is 12.0 Å². The molecule has 0 aliphatic heterocycles. The topological polar surface area (TPSA) is 76.2 Å². The summed E-state index contributed by atoms with van der Waals surface area (Å²) in [5.74, 6) is 0.718. The summed E-state index contributed by atoms with van der Waals surface area (Å²) in [6.45, 7) is 0. The molecule has 0 amide bonds. The average molecular weight is 286 g/mol. The number of nitro groups is 1. The third-order valence-corrected chi connectivity index (χ3v) is 3.63. The predicted octanol–water partition coefficient (Wildman–Crippen LogP) is 3.63. The van der Waals surface area contributed by atoms with Crippen LogP contribution in [0.3, 0.4) is 0 Å². The van der Waals surface area contributed by atoms with Crippen LogP contribution in [0.5, 0.6) is 5.75 Å². The van der Waals surface area contributed by atoms with Crippen LogP contribution in [0.15, 0.2) is 52.3 Å². The summed E-state index contributed by atoms with van der Waals surface area (Å²) in [6.07, 6.45) is 0. The Morgan fingerprint density at radius 1 is 1.30 bits per heavy atom. The lowest BCUT2D eigenvalue weighted by Crippen LogP contribution is -1.90. The molecule has 0 radical (unpaired) electrons. The maximum Gasteiger partial charge on any atom is 0.270 e. The van der Waals surface area contributed by atoms with Gasteiger partial charge in [-0.25, -0.2) is 0 Å².